The van der Waals surface area contributed by atoms with E-state index in [2.05, 4.69) is 17.6 Å². The molecule has 1 aromatic heterocycles. The Morgan fingerprint density at radius 3 is 2.08 bits per heavy atom. The van der Waals surface area contributed by atoms with Crippen LogP contribution < -0.4 is 0 Å². The lowest BCUT2D eigenvalue weighted by Crippen LogP contribution is -2.23. The number of alkyl halides is 5. The van der Waals surface area contributed by atoms with Crippen LogP contribution in [-0.4, -0.2) is 32.8 Å². The van der Waals surface area contributed by atoms with E-state index in [0.717, 1.165) is 0 Å². The second kappa shape index (κ2) is 8.13. The first-order chi connectivity index (χ1) is 11.3. The summed E-state index contributed by atoms with van der Waals surface area (Å²) >= 11 is 3.48. The van der Waals surface area contributed by atoms with E-state index in [0.29, 0.717) is 0 Å². The summed E-state index contributed by atoms with van der Waals surface area (Å²) in [4.78, 5) is 14.8. The van der Waals surface area contributed by atoms with Gasteiger partial charge in [0.05, 0.1) is 5.56 Å². The first kappa shape index (κ1) is 22.0. The van der Waals surface area contributed by atoms with E-state index in [4.69, 9.17) is 0 Å². The van der Waals surface area contributed by atoms with Crippen molar-refractivity contribution in [1.82, 2.24) is 4.98 Å². The van der Waals surface area contributed by atoms with Gasteiger partial charge in [-0.3, -0.25) is 4.79 Å². The van der Waals surface area contributed by atoms with Crippen LogP contribution in [-0.2, 0) is 12.6 Å². The molecular formula is C15H18F5NO2S2. The van der Waals surface area contributed by atoms with E-state index < -0.39 is 55.8 Å². The Bertz CT molecular complexity index is 711. The number of rotatable bonds is 5. The number of thiol groups is 1. The third-order valence-electron chi connectivity index (χ3n) is 3.23. The lowest BCUT2D eigenvalue weighted by atomic mass is 9.91. The number of carbonyl (C=O) groups is 1. The zero-order valence-electron chi connectivity index (χ0n) is 13.9. The average Bonchev–Trinajstić information content (AvgIpc) is 2.42. The van der Waals surface area contributed by atoms with Gasteiger partial charge in [-0.2, -0.15) is 23.7 Å². The molecule has 0 saturated carbocycles. The SMILES string of the molecule is CC(C)Cc1c(C(O)=S(C)C)c(C(F)F)nc(C(F)(F)F)c1C(=O)S. The number of halogens is 5. The van der Waals surface area contributed by atoms with Crippen molar-refractivity contribution in [3.63, 3.8) is 0 Å². The Morgan fingerprint density at radius 1 is 1.24 bits per heavy atom. The Kier molecular flexibility index (Phi) is 7.17. The summed E-state index contributed by atoms with van der Waals surface area (Å²) in [7, 11) is -0.931. The maximum absolute atomic E-state index is 13.4. The van der Waals surface area contributed by atoms with Gasteiger partial charge in [-0.25, -0.2) is 13.8 Å². The highest BCUT2D eigenvalue weighted by molar-refractivity contribution is 8.14. The summed E-state index contributed by atoms with van der Waals surface area (Å²) in [6.07, 6.45) is -5.55. The van der Waals surface area contributed by atoms with Crippen LogP contribution in [0.1, 0.15) is 53.1 Å². The first-order valence-corrected chi connectivity index (χ1v) is 9.57. The number of aliphatic hydroxyl groups is 1. The van der Waals surface area contributed by atoms with Gasteiger partial charge in [0.15, 0.2) is 5.69 Å². The van der Waals surface area contributed by atoms with Gasteiger partial charge in [0.2, 0.25) is 5.12 Å². The van der Waals surface area contributed by atoms with E-state index in [9.17, 15) is 31.9 Å². The molecule has 0 atom stereocenters. The molecule has 0 spiro atoms. The van der Waals surface area contributed by atoms with Crippen molar-refractivity contribution in [3.8, 4) is 0 Å². The quantitative estimate of drug-likeness (QED) is 0.419. The molecule has 1 aromatic rings. The zero-order chi connectivity index (χ0) is 19.7. The molecule has 0 fully saturated rings. The molecule has 0 aliphatic rings. The van der Waals surface area contributed by atoms with Crippen LogP contribution in [0.15, 0.2) is 0 Å². The van der Waals surface area contributed by atoms with Crippen molar-refractivity contribution in [2.75, 3.05) is 12.5 Å². The Morgan fingerprint density at radius 2 is 1.76 bits per heavy atom. The van der Waals surface area contributed by atoms with Crippen LogP contribution in [0.25, 0.3) is 0 Å². The number of hydrogen-bond acceptors (Lipinski definition) is 2. The molecule has 0 aliphatic carbocycles. The van der Waals surface area contributed by atoms with Crippen molar-refractivity contribution in [2.45, 2.75) is 32.9 Å². The number of carbonyl (C=O) groups excluding carboxylic acids is 1. The molecule has 25 heavy (non-hydrogen) atoms. The molecule has 1 N–H and O–H groups in total. The predicted molar refractivity (Wildman–Crippen MR) is 92.2 cm³/mol. The summed E-state index contributed by atoms with van der Waals surface area (Å²) in [6.45, 7) is 3.31. The molecule has 0 aromatic carbocycles. The van der Waals surface area contributed by atoms with Gasteiger partial charge in [-0.1, -0.05) is 13.8 Å². The Hall–Kier alpha value is -1.000. The van der Waals surface area contributed by atoms with Crippen molar-refractivity contribution in [1.29, 1.82) is 0 Å². The van der Waals surface area contributed by atoms with Gasteiger partial charge >= 0.3 is 6.18 Å². The first-order valence-electron chi connectivity index (χ1n) is 7.08. The molecule has 0 saturated heterocycles. The minimum absolute atomic E-state index is 0.121. The van der Waals surface area contributed by atoms with Crippen LogP contribution in [0.2, 0.25) is 0 Å². The van der Waals surface area contributed by atoms with E-state index in [1.54, 1.807) is 13.8 Å². The van der Waals surface area contributed by atoms with E-state index in [1.165, 1.54) is 12.5 Å². The van der Waals surface area contributed by atoms with Crippen molar-refractivity contribution >= 4 is 33.3 Å². The fraction of sp³-hybridized carbons (Fsp3) is 0.533. The Balaban J connectivity index is 4.14. The molecule has 0 bridgehead atoms. The molecule has 0 amide bonds. The summed E-state index contributed by atoms with van der Waals surface area (Å²) in [5.41, 5.74) is -4.56. The minimum Gasteiger partial charge on any atom is -0.355 e. The summed E-state index contributed by atoms with van der Waals surface area (Å²) in [6, 6.07) is 0. The van der Waals surface area contributed by atoms with Gasteiger partial charge in [0.1, 0.15) is 10.7 Å². The van der Waals surface area contributed by atoms with Crippen LogP contribution in [0, 0.1) is 5.92 Å². The van der Waals surface area contributed by atoms with E-state index >= 15 is 0 Å². The summed E-state index contributed by atoms with van der Waals surface area (Å²) in [5.74, 6) is -0.262. The maximum atomic E-state index is 13.4. The molecular weight excluding hydrogens is 385 g/mol. The van der Waals surface area contributed by atoms with Crippen LogP contribution in [0.5, 0.6) is 0 Å². The Labute approximate surface area is 150 Å². The van der Waals surface area contributed by atoms with Gasteiger partial charge in [0.25, 0.3) is 6.43 Å². The lowest BCUT2D eigenvalue weighted by Gasteiger charge is -2.22. The topological polar surface area (TPSA) is 50.2 Å². The van der Waals surface area contributed by atoms with E-state index in [1.807, 2.05) is 0 Å². The van der Waals surface area contributed by atoms with Crippen LogP contribution in [0.4, 0.5) is 22.0 Å². The smallest absolute Gasteiger partial charge is 0.355 e. The van der Waals surface area contributed by atoms with Crippen LogP contribution in [0.3, 0.4) is 0 Å². The van der Waals surface area contributed by atoms with Crippen molar-refractivity contribution in [2.24, 2.45) is 5.92 Å². The maximum Gasteiger partial charge on any atom is 0.434 e. The number of pyridine rings is 1. The fourth-order valence-electron chi connectivity index (χ4n) is 2.30. The molecule has 1 rings (SSSR count). The van der Waals surface area contributed by atoms with Gasteiger partial charge < -0.3 is 5.11 Å². The summed E-state index contributed by atoms with van der Waals surface area (Å²) < 4.78 is 66.7. The standard InChI is InChI=1S/C15H18F5NO2S2/c1-6(2)5-7-8(14(23)25(3)4)10(12(16)17)21-11(15(18,19)20)9(7)13(22)24/h6,12,23H,5H2,1-4H3,(H,22,24). The lowest BCUT2D eigenvalue weighted by molar-refractivity contribution is -0.141. The molecule has 0 radical (unpaired) electrons. The molecule has 10 heteroatoms. The highest BCUT2D eigenvalue weighted by atomic mass is 32.2. The van der Waals surface area contributed by atoms with E-state index in [-0.39, 0.29) is 17.9 Å². The minimum atomic E-state index is -5.11. The predicted octanol–water partition coefficient (Wildman–Crippen LogP) is 4.87. The van der Waals surface area contributed by atoms with Crippen LogP contribution >= 0.6 is 23.1 Å². The highest BCUT2D eigenvalue weighted by Crippen LogP contribution is 2.38. The molecule has 3 nitrogen and oxygen atoms in total. The second-order valence-electron chi connectivity index (χ2n) is 5.90. The fourth-order valence-corrected chi connectivity index (χ4v) is 3.18. The molecule has 0 unspecified atom stereocenters. The molecule has 142 valence electrons. The summed E-state index contributed by atoms with van der Waals surface area (Å²) in [5, 5.41) is 8.51. The van der Waals surface area contributed by atoms with Gasteiger partial charge in [-0.05, 0) is 30.4 Å². The molecule has 1 heterocycles. The van der Waals surface area contributed by atoms with Crippen molar-refractivity contribution < 1.29 is 31.9 Å². The third-order valence-corrected chi connectivity index (χ3v) is 4.43. The highest BCUT2D eigenvalue weighted by Gasteiger charge is 2.41. The average molecular weight is 403 g/mol. The number of aromatic nitrogens is 1. The zero-order valence-corrected chi connectivity index (χ0v) is 15.6. The second-order valence-corrected chi connectivity index (χ2v) is 8.32. The van der Waals surface area contributed by atoms with Gasteiger partial charge in [-0.15, -0.1) is 12.6 Å². The number of aliphatic hydroxyl groups excluding tert-OH is 1. The normalized spacial score (nSPS) is 12.4. The third kappa shape index (κ3) is 5.01. The largest absolute Gasteiger partial charge is 0.434 e. The monoisotopic (exact) mass is 403 g/mol. The van der Waals surface area contributed by atoms with Crippen molar-refractivity contribution in [3.05, 3.63) is 28.1 Å². The number of nitrogens with zero attached hydrogens (tertiary/aromatic N) is 1. The molecule has 0 aliphatic heterocycles. The van der Waals surface area contributed by atoms with Gasteiger partial charge in [0, 0.05) is 5.56 Å². The number of hydrogen-bond donors (Lipinski definition) is 2.